The van der Waals surface area contributed by atoms with Crippen LogP contribution in [0.1, 0.15) is 12.5 Å². The summed E-state index contributed by atoms with van der Waals surface area (Å²) in [4.78, 5) is 14.5. The minimum absolute atomic E-state index is 0.0148. The number of nitro benzene ring substituents is 1. The minimum atomic E-state index is -0.433. The van der Waals surface area contributed by atoms with Gasteiger partial charge >= 0.3 is 5.69 Å². The molecule has 0 saturated carbocycles. The SMILES string of the molecule is COc1ccc(CNC(C)Cn2ccnc2)cc1[N+](=O)[O-]. The van der Waals surface area contributed by atoms with E-state index in [9.17, 15) is 10.1 Å². The number of aromatic nitrogens is 2. The fourth-order valence-electron chi connectivity index (χ4n) is 2.06. The Morgan fingerprint density at radius 1 is 1.52 bits per heavy atom. The molecule has 0 bridgehead atoms. The number of hydrogen-bond donors (Lipinski definition) is 1. The molecule has 1 unspecified atom stereocenters. The fourth-order valence-corrected chi connectivity index (χ4v) is 2.06. The molecule has 0 saturated heterocycles. The van der Waals surface area contributed by atoms with Crippen molar-refractivity contribution in [3.05, 3.63) is 52.6 Å². The van der Waals surface area contributed by atoms with Crippen molar-refractivity contribution in [3.8, 4) is 5.75 Å². The summed E-state index contributed by atoms with van der Waals surface area (Å²) in [6.07, 6.45) is 5.40. The lowest BCUT2D eigenvalue weighted by molar-refractivity contribution is -0.385. The Labute approximate surface area is 122 Å². The summed E-state index contributed by atoms with van der Waals surface area (Å²) in [6.45, 7) is 3.40. The van der Waals surface area contributed by atoms with E-state index < -0.39 is 4.92 Å². The van der Waals surface area contributed by atoms with Gasteiger partial charge in [0.15, 0.2) is 5.75 Å². The maximum Gasteiger partial charge on any atom is 0.311 e. The van der Waals surface area contributed by atoms with Gasteiger partial charge in [0.2, 0.25) is 0 Å². The van der Waals surface area contributed by atoms with Crippen molar-refractivity contribution >= 4 is 5.69 Å². The normalized spacial score (nSPS) is 12.1. The van der Waals surface area contributed by atoms with Gasteiger partial charge < -0.3 is 14.6 Å². The topological polar surface area (TPSA) is 82.2 Å². The van der Waals surface area contributed by atoms with Gasteiger partial charge in [0.05, 0.1) is 18.4 Å². The molecule has 0 aliphatic rings. The highest BCUT2D eigenvalue weighted by Gasteiger charge is 2.15. The Balaban J connectivity index is 1.96. The van der Waals surface area contributed by atoms with Crippen LogP contribution in [-0.4, -0.2) is 27.6 Å². The molecule has 2 aromatic rings. The van der Waals surface area contributed by atoms with Crippen molar-refractivity contribution in [3.63, 3.8) is 0 Å². The summed E-state index contributed by atoms with van der Waals surface area (Å²) in [5.41, 5.74) is 0.832. The Morgan fingerprint density at radius 3 is 2.95 bits per heavy atom. The van der Waals surface area contributed by atoms with Crippen LogP contribution in [0, 0.1) is 10.1 Å². The Kier molecular flexibility index (Phi) is 4.89. The molecule has 0 aliphatic carbocycles. The predicted octanol–water partition coefficient (Wildman–Crippen LogP) is 1.98. The molecular weight excluding hydrogens is 272 g/mol. The zero-order chi connectivity index (χ0) is 15.2. The first-order valence-electron chi connectivity index (χ1n) is 6.60. The van der Waals surface area contributed by atoms with Gasteiger partial charge in [0, 0.05) is 37.6 Å². The van der Waals surface area contributed by atoms with Crippen molar-refractivity contribution in [2.75, 3.05) is 7.11 Å². The van der Waals surface area contributed by atoms with Gasteiger partial charge in [0.25, 0.3) is 0 Å². The van der Waals surface area contributed by atoms with Gasteiger partial charge in [-0.25, -0.2) is 4.98 Å². The van der Waals surface area contributed by atoms with Crippen molar-refractivity contribution in [1.82, 2.24) is 14.9 Å². The highest BCUT2D eigenvalue weighted by molar-refractivity contribution is 5.48. The second-order valence-corrected chi connectivity index (χ2v) is 4.80. The number of benzene rings is 1. The molecular formula is C14H18N4O3. The summed E-state index contributed by atoms with van der Waals surface area (Å²) < 4.78 is 6.97. The molecule has 0 amide bonds. The summed E-state index contributed by atoms with van der Waals surface area (Å²) in [7, 11) is 1.42. The number of nitro groups is 1. The number of imidazole rings is 1. The van der Waals surface area contributed by atoms with Crippen LogP contribution in [0.3, 0.4) is 0 Å². The highest BCUT2D eigenvalue weighted by Crippen LogP contribution is 2.27. The van der Waals surface area contributed by atoms with Gasteiger partial charge in [-0.15, -0.1) is 0 Å². The summed E-state index contributed by atoms with van der Waals surface area (Å²) in [6, 6.07) is 5.20. The molecule has 0 aliphatic heterocycles. The molecule has 2 rings (SSSR count). The molecule has 1 heterocycles. The zero-order valence-corrected chi connectivity index (χ0v) is 12.0. The van der Waals surface area contributed by atoms with Crippen LogP contribution in [-0.2, 0) is 13.1 Å². The highest BCUT2D eigenvalue weighted by atomic mass is 16.6. The van der Waals surface area contributed by atoms with E-state index in [1.165, 1.54) is 13.2 Å². The largest absolute Gasteiger partial charge is 0.490 e. The van der Waals surface area contributed by atoms with E-state index in [-0.39, 0.29) is 17.5 Å². The third-order valence-corrected chi connectivity index (χ3v) is 3.14. The maximum atomic E-state index is 11.0. The number of methoxy groups -OCH3 is 1. The molecule has 0 radical (unpaired) electrons. The Hall–Kier alpha value is -2.41. The maximum absolute atomic E-state index is 11.0. The van der Waals surface area contributed by atoms with Crippen molar-refractivity contribution in [2.24, 2.45) is 0 Å². The van der Waals surface area contributed by atoms with Crippen molar-refractivity contribution < 1.29 is 9.66 Å². The summed E-state index contributed by atoms with van der Waals surface area (Å²) >= 11 is 0. The number of rotatable bonds is 7. The van der Waals surface area contributed by atoms with Gasteiger partial charge in [-0.3, -0.25) is 10.1 Å². The molecule has 1 atom stereocenters. The van der Waals surface area contributed by atoms with Crippen LogP contribution in [0.15, 0.2) is 36.9 Å². The Bertz CT molecular complexity index is 598. The smallest absolute Gasteiger partial charge is 0.311 e. The third kappa shape index (κ3) is 4.03. The first-order valence-corrected chi connectivity index (χ1v) is 6.60. The first kappa shape index (κ1) is 15.0. The van der Waals surface area contributed by atoms with E-state index >= 15 is 0 Å². The molecule has 112 valence electrons. The van der Waals surface area contributed by atoms with Crippen LogP contribution < -0.4 is 10.1 Å². The van der Waals surface area contributed by atoms with E-state index in [0.29, 0.717) is 6.54 Å². The van der Waals surface area contributed by atoms with Crippen LogP contribution in [0.2, 0.25) is 0 Å². The van der Waals surface area contributed by atoms with E-state index in [0.717, 1.165) is 12.1 Å². The number of hydrogen-bond acceptors (Lipinski definition) is 5. The fraction of sp³-hybridized carbons (Fsp3) is 0.357. The second-order valence-electron chi connectivity index (χ2n) is 4.80. The van der Waals surface area contributed by atoms with Crippen molar-refractivity contribution in [1.29, 1.82) is 0 Å². The lowest BCUT2D eigenvalue weighted by atomic mass is 10.1. The van der Waals surface area contributed by atoms with Crippen LogP contribution >= 0.6 is 0 Å². The second kappa shape index (κ2) is 6.85. The van der Waals surface area contributed by atoms with Gasteiger partial charge in [-0.2, -0.15) is 0 Å². The first-order chi connectivity index (χ1) is 10.1. The van der Waals surface area contributed by atoms with Crippen LogP contribution in [0.4, 0.5) is 5.69 Å². The third-order valence-electron chi connectivity index (χ3n) is 3.14. The quantitative estimate of drug-likeness (QED) is 0.623. The summed E-state index contributed by atoms with van der Waals surface area (Å²) in [5.74, 6) is 0.273. The molecule has 0 fully saturated rings. The molecule has 7 nitrogen and oxygen atoms in total. The lowest BCUT2D eigenvalue weighted by Gasteiger charge is -2.14. The van der Waals surface area contributed by atoms with E-state index in [1.54, 1.807) is 18.6 Å². The predicted molar refractivity (Wildman–Crippen MR) is 78.2 cm³/mol. The number of nitrogens with one attached hydrogen (secondary N) is 1. The van der Waals surface area contributed by atoms with Gasteiger partial charge in [0.1, 0.15) is 0 Å². The monoisotopic (exact) mass is 290 g/mol. The number of ether oxygens (including phenoxy) is 1. The molecule has 1 aromatic carbocycles. The van der Waals surface area contributed by atoms with Crippen LogP contribution in [0.25, 0.3) is 0 Å². The minimum Gasteiger partial charge on any atom is -0.490 e. The molecule has 1 N–H and O–H groups in total. The van der Waals surface area contributed by atoms with Crippen molar-refractivity contribution in [2.45, 2.75) is 26.1 Å². The average Bonchev–Trinajstić information content (AvgIpc) is 2.97. The van der Waals surface area contributed by atoms with Gasteiger partial charge in [-0.05, 0) is 18.6 Å². The van der Waals surface area contributed by atoms with Gasteiger partial charge in [-0.1, -0.05) is 6.07 Å². The standard InChI is InChI=1S/C14H18N4O3/c1-11(9-17-6-5-15-10-17)16-8-12-3-4-14(21-2)13(7-12)18(19)20/h3-7,10-11,16H,8-9H2,1-2H3. The van der Waals surface area contributed by atoms with Crippen LogP contribution in [0.5, 0.6) is 5.75 Å². The zero-order valence-electron chi connectivity index (χ0n) is 12.0. The molecule has 1 aromatic heterocycles. The summed E-state index contributed by atoms with van der Waals surface area (Å²) in [5, 5.41) is 14.3. The van der Waals surface area contributed by atoms with E-state index in [2.05, 4.69) is 17.2 Å². The van der Waals surface area contributed by atoms with E-state index in [4.69, 9.17) is 4.74 Å². The average molecular weight is 290 g/mol. The molecule has 7 heteroatoms. The molecule has 0 spiro atoms. The molecule has 21 heavy (non-hydrogen) atoms. The lowest BCUT2D eigenvalue weighted by Crippen LogP contribution is -2.29. The van der Waals surface area contributed by atoms with E-state index in [1.807, 2.05) is 16.8 Å². The number of nitrogens with zero attached hydrogens (tertiary/aromatic N) is 3. The Morgan fingerprint density at radius 2 is 2.33 bits per heavy atom.